The van der Waals surface area contributed by atoms with Crippen molar-refractivity contribution in [1.29, 1.82) is 0 Å². The Morgan fingerprint density at radius 3 is 2.91 bits per heavy atom. The summed E-state index contributed by atoms with van der Waals surface area (Å²) >= 11 is 0. The molecule has 1 aromatic carbocycles. The van der Waals surface area contributed by atoms with Gasteiger partial charge in [0, 0.05) is 31.1 Å². The number of amides is 2. The van der Waals surface area contributed by atoms with Gasteiger partial charge in [-0.1, -0.05) is 18.2 Å². The zero-order valence-electron chi connectivity index (χ0n) is 13.1. The van der Waals surface area contributed by atoms with Gasteiger partial charge in [0.25, 0.3) is 5.91 Å². The lowest BCUT2D eigenvalue weighted by Crippen LogP contribution is -2.40. The quantitative estimate of drug-likeness (QED) is 0.941. The third kappa shape index (κ3) is 3.50. The summed E-state index contributed by atoms with van der Waals surface area (Å²) < 4.78 is 0. The molecule has 1 saturated heterocycles. The maximum Gasteiger partial charge on any atom is 0.254 e. The molecule has 23 heavy (non-hydrogen) atoms. The van der Waals surface area contributed by atoms with Gasteiger partial charge >= 0.3 is 0 Å². The van der Waals surface area contributed by atoms with Crippen LogP contribution >= 0.6 is 0 Å². The molecule has 0 spiro atoms. The number of nitrogens with zero attached hydrogens (tertiary/aromatic N) is 2. The fourth-order valence-corrected chi connectivity index (χ4v) is 3.28. The molecular formula is C18H21N3O2. The van der Waals surface area contributed by atoms with E-state index in [1.54, 1.807) is 12.3 Å². The van der Waals surface area contributed by atoms with E-state index in [1.807, 2.05) is 29.2 Å². The third-order valence-corrected chi connectivity index (χ3v) is 4.48. The van der Waals surface area contributed by atoms with Crippen molar-refractivity contribution in [2.24, 2.45) is 11.7 Å². The van der Waals surface area contributed by atoms with Crippen LogP contribution in [0, 0.1) is 5.92 Å². The van der Waals surface area contributed by atoms with Crippen LogP contribution in [0.25, 0.3) is 10.9 Å². The predicted octanol–water partition coefficient (Wildman–Crippen LogP) is 2.35. The van der Waals surface area contributed by atoms with Crippen LogP contribution < -0.4 is 5.73 Å². The van der Waals surface area contributed by atoms with Crippen LogP contribution in [0.15, 0.2) is 36.5 Å². The summed E-state index contributed by atoms with van der Waals surface area (Å²) in [6.45, 7) is 1.46. The Morgan fingerprint density at radius 2 is 2.09 bits per heavy atom. The van der Waals surface area contributed by atoms with Gasteiger partial charge in [0.05, 0.1) is 11.1 Å². The Balaban J connectivity index is 1.77. The average Bonchev–Trinajstić information content (AvgIpc) is 2.59. The molecule has 120 valence electrons. The van der Waals surface area contributed by atoms with Crippen LogP contribution in [-0.4, -0.2) is 34.8 Å². The van der Waals surface area contributed by atoms with E-state index in [-0.39, 0.29) is 11.8 Å². The Hall–Kier alpha value is -2.43. The molecule has 1 aromatic heterocycles. The minimum absolute atomic E-state index is 0.0485. The van der Waals surface area contributed by atoms with Gasteiger partial charge in [-0.2, -0.15) is 0 Å². The Bertz CT molecular complexity index is 724. The number of likely N-dealkylation sites (tertiary alicyclic amines) is 1. The highest BCUT2D eigenvalue weighted by Gasteiger charge is 2.25. The molecule has 2 N–H and O–H groups in total. The van der Waals surface area contributed by atoms with Crippen LogP contribution in [0.3, 0.4) is 0 Å². The summed E-state index contributed by atoms with van der Waals surface area (Å²) in [5.41, 5.74) is 6.77. The van der Waals surface area contributed by atoms with Crippen LogP contribution in [0.5, 0.6) is 0 Å². The third-order valence-electron chi connectivity index (χ3n) is 4.48. The molecule has 1 aliphatic heterocycles. The molecule has 2 aromatic rings. The number of hydrogen-bond acceptors (Lipinski definition) is 3. The van der Waals surface area contributed by atoms with E-state index < -0.39 is 0 Å². The zero-order valence-corrected chi connectivity index (χ0v) is 13.1. The SMILES string of the molecule is NC(=O)CCC1CCCN(C(=O)c2ccnc3ccccc23)C1. The van der Waals surface area contributed by atoms with Crippen molar-refractivity contribution < 1.29 is 9.59 Å². The number of rotatable bonds is 4. The molecule has 5 nitrogen and oxygen atoms in total. The Labute approximate surface area is 135 Å². The van der Waals surface area contributed by atoms with Gasteiger partial charge < -0.3 is 10.6 Å². The van der Waals surface area contributed by atoms with Gasteiger partial charge in [0.2, 0.25) is 5.91 Å². The minimum atomic E-state index is -0.270. The number of piperidine rings is 1. The number of aromatic nitrogens is 1. The van der Waals surface area contributed by atoms with E-state index in [4.69, 9.17) is 5.73 Å². The van der Waals surface area contributed by atoms with Crippen molar-refractivity contribution in [2.75, 3.05) is 13.1 Å². The van der Waals surface area contributed by atoms with Crippen molar-refractivity contribution in [1.82, 2.24) is 9.88 Å². The first kappa shape index (κ1) is 15.5. The largest absolute Gasteiger partial charge is 0.370 e. The van der Waals surface area contributed by atoms with Crippen LogP contribution in [0.2, 0.25) is 0 Å². The summed E-state index contributed by atoms with van der Waals surface area (Å²) in [6.07, 6.45) is 4.86. The standard InChI is InChI=1S/C18H21N3O2/c19-17(22)8-7-13-4-3-11-21(12-13)18(23)15-9-10-20-16-6-2-1-5-14(15)16/h1-2,5-6,9-10,13H,3-4,7-8,11-12H2,(H2,19,22). The average molecular weight is 311 g/mol. The first-order valence-corrected chi connectivity index (χ1v) is 8.06. The number of fused-ring (bicyclic) bond motifs is 1. The highest BCUT2D eigenvalue weighted by Crippen LogP contribution is 2.24. The molecular weight excluding hydrogens is 290 g/mol. The maximum atomic E-state index is 12.9. The number of nitrogens with two attached hydrogens (primary N) is 1. The van der Waals surface area contributed by atoms with E-state index >= 15 is 0 Å². The molecule has 2 amide bonds. The van der Waals surface area contributed by atoms with Gasteiger partial charge in [-0.25, -0.2) is 0 Å². The number of pyridine rings is 1. The molecule has 0 bridgehead atoms. The topological polar surface area (TPSA) is 76.3 Å². The van der Waals surface area contributed by atoms with E-state index in [9.17, 15) is 9.59 Å². The van der Waals surface area contributed by atoms with Crippen molar-refractivity contribution >= 4 is 22.7 Å². The lowest BCUT2D eigenvalue weighted by molar-refractivity contribution is -0.118. The second-order valence-corrected chi connectivity index (χ2v) is 6.14. The number of primary amides is 1. The van der Waals surface area contributed by atoms with Crippen LogP contribution in [0.1, 0.15) is 36.0 Å². The number of para-hydroxylation sites is 1. The normalized spacial score (nSPS) is 18.1. The fraction of sp³-hybridized carbons (Fsp3) is 0.389. The molecule has 1 fully saturated rings. The molecule has 2 heterocycles. The molecule has 1 atom stereocenters. The molecule has 5 heteroatoms. The first-order chi connectivity index (χ1) is 11.1. The van der Waals surface area contributed by atoms with Gasteiger partial charge in [-0.3, -0.25) is 14.6 Å². The highest BCUT2D eigenvalue weighted by molar-refractivity contribution is 6.06. The fourth-order valence-electron chi connectivity index (χ4n) is 3.28. The van der Waals surface area contributed by atoms with Gasteiger partial charge in [-0.15, -0.1) is 0 Å². The molecule has 1 aliphatic rings. The van der Waals surface area contributed by atoms with Crippen LogP contribution in [-0.2, 0) is 4.79 Å². The van der Waals surface area contributed by atoms with Gasteiger partial charge in [0.15, 0.2) is 0 Å². The van der Waals surface area contributed by atoms with E-state index in [0.717, 1.165) is 36.7 Å². The van der Waals surface area contributed by atoms with Crippen molar-refractivity contribution in [3.63, 3.8) is 0 Å². The number of hydrogen-bond donors (Lipinski definition) is 1. The lowest BCUT2D eigenvalue weighted by atomic mass is 9.92. The number of carbonyl (C=O) groups excluding carboxylic acids is 2. The van der Waals surface area contributed by atoms with Crippen LogP contribution in [0.4, 0.5) is 0 Å². The Kier molecular flexibility index (Phi) is 4.55. The Morgan fingerprint density at radius 1 is 1.26 bits per heavy atom. The molecule has 0 saturated carbocycles. The van der Waals surface area contributed by atoms with Crippen molar-refractivity contribution in [3.05, 3.63) is 42.1 Å². The van der Waals surface area contributed by atoms with Gasteiger partial charge in [-0.05, 0) is 37.3 Å². The first-order valence-electron chi connectivity index (χ1n) is 8.06. The molecule has 1 unspecified atom stereocenters. The molecule has 0 aliphatic carbocycles. The number of carbonyl (C=O) groups is 2. The smallest absolute Gasteiger partial charge is 0.254 e. The summed E-state index contributed by atoms with van der Waals surface area (Å²) in [4.78, 5) is 30.1. The monoisotopic (exact) mass is 311 g/mol. The molecule has 0 radical (unpaired) electrons. The number of benzene rings is 1. The summed E-state index contributed by atoms with van der Waals surface area (Å²) in [7, 11) is 0. The van der Waals surface area contributed by atoms with Gasteiger partial charge in [0.1, 0.15) is 0 Å². The zero-order chi connectivity index (χ0) is 16.2. The maximum absolute atomic E-state index is 12.9. The molecule has 3 rings (SSSR count). The second kappa shape index (κ2) is 6.77. The van der Waals surface area contributed by atoms with E-state index in [1.165, 1.54) is 0 Å². The van der Waals surface area contributed by atoms with E-state index in [0.29, 0.717) is 24.4 Å². The van der Waals surface area contributed by atoms with Crippen molar-refractivity contribution in [3.8, 4) is 0 Å². The predicted molar refractivity (Wildman–Crippen MR) is 88.8 cm³/mol. The summed E-state index contributed by atoms with van der Waals surface area (Å²) in [6, 6.07) is 9.48. The summed E-state index contributed by atoms with van der Waals surface area (Å²) in [5, 5.41) is 0.888. The summed E-state index contributed by atoms with van der Waals surface area (Å²) in [5.74, 6) is 0.134. The highest BCUT2D eigenvalue weighted by atomic mass is 16.2. The van der Waals surface area contributed by atoms with E-state index in [2.05, 4.69) is 4.98 Å². The minimum Gasteiger partial charge on any atom is -0.370 e. The second-order valence-electron chi connectivity index (χ2n) is 6.14. The van der Waals surface area contributed by atoms with Crippen molar-refractivity contribution in [2.45, 2.75) is 25.7 Å². The lowest BCUT2D eigenvalue weighted by Gasteiger charge is -2.33.